The van der Waals surface area contributed by atoms with Crippen molar-refractivity contribution in [3.05, 3.63) is 82.0 Å². The van der Waals surface area contributed by atoms with Crippen LogP contribution in [0.3, 0.4) is 0 Å². The number of carbonyl (C=O) groups is 3. The Morgan fingerprint density at radius 1 is 1.09 bits per heavy atom. The molecule has 1 spiro atoms. The molecule has 2 amide bonds. The van der Waals surface area contributed by atoms with Crippen LogP contribution in [-0.2, 0) is 43.1 Å². The molecule has 0 radical (unpaired) electrons. The summed E-state index contributed by atoms with van der Waals surface area (Å²) in [6, 6.07) is 11.3. The van der Waals surface area contributed by atoms with E-state index < -0.39 is 39.9 Å². The molecule has 4 bridgehead atoms. The first-order valence-corrected chi connectivity index (χ1v) is 21.5. The second-order valence-corrected chi connectivity index (χ2v) is 18.3. The van der Waals surface area contributed by atoms with Crippen molar-refractivity contribution in [2.75, 3.05) is 44.1 Å². The Morgan fingerprint density at radius 3 is 2.73 bits per heavy atom. The van der Waals surface area contributed by atoms with Gasteiger partial charge in [-0.15, -0.1) is 9.46 Å². The zero-order chi connectivity index (χ0) is 39.2. The van der Waals surface area contributed by atoms with Crippen LogP contribution < -0.4 is 19.1 Å². The Bertz CT molecular complexity index is 2200. The van der Waals surface area contributed by atoms with Gasteiger partial charge in [0.2, 0.25) is 5.88 Å². The summed E-state index contributed by atoms with van der Waals surface area (Å²) in [6.45, 7) is 3.82. The summed E-state index contributed by atoms with van der Waals surface area (Å²) < 4.78 is 47.7. The van der Waals surface area contributed by atoms with E-state index in [4.69, 9.17) is 30.5 Å². The maximum Gasteiger partial charge on any atom is 0.306 e. The molecule has 1 fully saturated rings. The molecule has 7 atom stereocenters. The van der Waals surface area contributed by atoms with Crippen LogP contribution in [0.1, 0.15) is 77.3 Å². The fraction of sp³-hybridized carbons (Fsp3) is 0.512. The molecule has 3 aliphatic heterocycles. The molecule has 8 rings (SSSR count). The molecule has 13 nitrogen and oxygen atoms in total. The highest BCUT2D eigenvalue weighted by Crippen LogP contribution is 2.47. The lowest BCUT2D eigenvalue weighted by Gasteiger charge is -2.46. The number of anilines is 1. The smallest absolute Gasteiger partial charge is 0.306 e. The number of hydrogen-bond acceptors (Lipinski definition) is 10. The van der Waals surface area contributed by atoms with Gasteiger partial charge in [0, 0.05) is 67.2 Å². The average molecular weight is 806 g/mol. The van der Waals surface area contributed by atoms with Crippen LogP contribution in [0, 0.1) is 17.8 Å². The van der Waals surface area contributed by atoms with Gasteiger partial charge in [0.15, 0.2) is 0 Å². The molecule has 56 heavy (non-hydrogen) atoms. The number of nitrogens with zero attached hydrogens (tertiary/aromatic N) is 4. The summed E-state index contributed by atoms with van der Waals surface area (Å²) in [4.78, 5) is 43.3. The Morgan fingerprint density at radius 2 is 1.93 bits per heavy atom. The largest absolute Gasteiger partial charge is 0.490 e. The van der Waals surface area contributed by atoms with E-state index >= 15 is 0 Å². The number of ether oxygens (including phenoxy) is 4. The third-order valence-electron chi connectivity index (χ3n) is 12.0. The maximum atomic E-state index is 14.9. The lowest BCUT2D eigenvalue weighted by molar-refractivity contribution is -0.152. The fourth-order valence-corrected chi connectivity index (χ4v) is 11.1. The first kappa shape index (κ1) is 38.5. The minimum Gasteiger partial charge on any atom is -0.490 e. The van der Waals surface area contributed by atoms with Gasteiger partial charge in [0.25, 0.3) is 11.8 Å². The number of esters is 1. The number of carbonyl (C=O) groups excluding carboxylic acids is 3. The minimum atomic E-state index is -3.78. The molecule has 1 saturated carbocycles. The van der Waals surface area contributed by atoms with Gasteiger partial charge >= 0.3 is 5.97 Å². The summed E-state index contributed by atoms with van der Waals surface area (Å²) in [5, 5.41) is 4.86. The van der Waals surface area contributed by atoms with Gasteiger partial charge in [-0.25, -0.2) is 4.21 Å². The van der Waals surface area contributed by atoms with E-state index in [-0.39, 0.29) is 59.0 Å². The molecule has 2 aliphatic carbocycles. The predicted octanol–water partition coefficient (Wildman–Crippen LogP) is 5.83. The molecule has 2 aromatic carbocycles. The van der Waals surface area contributed by atoms with Crippen LogP contribution in [-0.4, -0.2) is 83.1 Å². The van der Waals surface area contributed by atoms with Crippen LogP contribution >= 0.6 is 11.6 Å². The van der Waals surface area contributed by atoms with E-state index in [2.05, 4.69) is 31.2 Å². The summed E-state index contributed by atoms with van der Waals surface area (Å²) in [7, 11) is -0.759. The van der Waals surface area contributed by atoms with E-state index in [0.29, 0.717) is 36.9 Å². The monoisotopic (exact) mass is 805 g/mol. The first-order valence-electron chi connectivity index (χ1n) is 19.4. The van der Waals surface area contributed by atoms with Crippen molar-refractivity contribution in [2.24, 2.45) is 29.2 Å². The van der Waals surface area contributed by atoms with Crippen molar-refractivity contribution in [1.82, 2.24) is 14.5 Å². The van der Waals surface area contributed by atoms with Crippen molar-refractivity contribution >= 4 is 45.0 Å². The summed E-state index contributed by atoms with van der Waals surface area (Å²) in [6.07, 6.45) is 9.50. The molecule has 5 aliphatic rings. The van der Waals surface area contributed by atoms with E-state index in [1.165, 1.54) is 29.1 Å². The lowest BCUT2D eigenvalue weighted by Crippen LogP contribution is -2.50. The summed E-state index contributed by atoms with van der Waals surface area (Å²) >= 11 is 6.48. The highest BCUT2D eigenvalue weighted by Gasteiger charge is 2.45. The number of aromatic nitrogens is 2. The molecule has 3 aromatic rings. The number of nitrogens with one attached hydrogen (secondary N) is 1. The molecular weight excluding hydrogens is 758 g/mol. The van der Waals surface area contributed by atoms with E-state index in [0.717, 1.165) is 37.8 Å². The number of rotatable bonds is 3. The average Bonchev–Trinajstić information content (AvgIpc) is 3.47. The summed E-state index contributed by atoms with van der Waals surface area (Å²) in [5.74, 6) is -1.52. The number of aryl methyl sites for hydroxylation is 2. The fourth-order valence-electron chi connectivity index (χ4n) is 9.04. The Balaban J connectivity index is 1.24. The quantitative estimate of drug-likeness (QED) is 0.253. The molecule has 15 heteroatoms. The Kier molecular flexibility index (Phi) is 10.7. The zero-order valence-corrected chi connectivity index (χ0v) is 33.5. The molecule has 1 aromatic heterocycles. The van der Waals surface area contributed by atoms with Crippen LogP contribution in [0.15, 0.2) is 59.1 Å². The number of amides is 2. The SMILES string of the molecule is COc1nn(C)cc1C(=O)N[S@@]1(=O)=NC(=O)c2ccc3c(c2)N(C[C@@H]2CC[C@H]2[C@@H]2/C=C/[C@H](OCCCC(=O)O2)[C@H](C)C1)C[C@@]1(CCCc2cc(Cl)ccc21)CO3. The standard InChI is InChI=1S/C41H48ClN5O8S/c1-25-22-56(51,45-39(50)31-21-46(2)43-40(31)52-3)44-38(49)27-9-13-36-33(19-27)47(23-41(24-54-36)16-4-6-26-18-29(42)10-12-32(26)41)20-28-8-11-30(28)35-15-14-34(25)53-17-5-7-37(48)55-35/h9-10,12-15,18-19,21,25,28,30,34-35H,4-8,11,16-17,20,22-24H2,1-3H3,(H,44,45,49,50,51)/b15-14+/t25-,28+,30-,34+,35+,41+,56+/m1/s1. The second-order valence-electron chi connectivity index (χ2n) is 15.9. The third kappa shape index (κ3) is 7.67. The van der Waals surface area contributed by atoms with Crippen LogP contribution in [0.2, 0.25) is 5.02 Å². The number of benzene rings is 2. The van der Waals surface area contributed by atoms with Crippen LogP contribution in [0.5, 0.6) is 11.6 Å². The van der Waals surface area contributed by atoms with Crippen molar-refractivity contribution in [3.8, 4) is 11.6 Å². The van der Waals surface area contributed by atoms with Gasteiger partial charge in [-0.1, -0.05) is 30.7 Å². The maximum absolute atomic E-state index is 14.9. The third-order valence-corrected chi connectivity index (χ3v) is 14.2. The topological polar surface area (TPSA) is 151 Å². The zero-order valence-electron chi connectivity index (χ0n) is 31.9. The summed E-state index contributed by atoms with van der Waals surface area (Å²) in [5.41, 5.74) is 3.08. The van der Waals surface area contributed by atoms with Gasteiger partial charge in [0.05, 0.1) is 31.3 Å². The lowest BCUT2D eigenvalue weighted by atomic mass is 9.68. The van der Waals surface area contributed by atoms with Gasteiger partial charge in [0.1, 0.15) is 27.3 Å². The van der Waals surface area contributed by atoms with E-state index in [1.807, 2.05) is 25.1 Å². The minimum absolute atomic E-state index is 0.0429. The van der Waals surface area contributed by atoms with Crippen molar-refractivity contribution in [1.29, 1.82) is 0 Å². The number of fused-ring (bicyclic) bond motifs is 7. The Labute approximate surface area is 332 Å². The molecule has 4 heterocycles. The van der Waals surface area contributed by atoms with E-state index in [1.54, 1.807) is 25.2 Å². The number of halogens is 1. The number of methoxy groups -OCH3 is 1. The number of hydrogen-bond donors (Lipinski definition) is 1. The highest BCUT2D eigenvalue weighted by atomic mass is 35.5. The normalized spacial score (nSPS) is 31.0. The Hall–Kier alpha value is -4.40. The predicted molar refractivity (Wildman–Crippen MR) is 211 cm³/mol. The molecular formula is C41H48ClN5O8S. The van der Waals surface area contributed by atoms with Crippen molar-refractivity contribution in [2.45, 2.75) is 69.5 Å². The van der Waals surface area contributed by atoms with Gasteiger partial charge < -0.3 is 23.8 Å². The van der Waals surface area contributed by atoms with E-state index in [9.17, 15) is 18.6 Å². The van der Waals surface area contributed by atoms with Crippen LogP contribution in [0.4, 0.5) is 5.69 Å². The molecule has 298 valence electrons. The van der Waals surface area contributed by atoms with Gasteiger partial charge in [-0.05, 0) is 92.0 Å². The molecule has 0 saturated heterocycles. The molecule has 0 unspecified atom stereocenters. The second kappa shape index (κ2) is 15.5. The van der Waals surface area contributed by atoms with Crippen molar-refractivity contribution in [3.63, 3.8) is 0 Å². The van der Waals surface area contributed by atoms with Crippen molar-refractivity contribution < 1.29 is 37.5 Å². The highest BCUT2D eigenvalue weighted by molar-refractivity contribution is 7.92. The van der Waals surface area contributed by atoms with Gasteiger partial charge in [-0.2, -0.15) is 0 Å². The first-order chi connectivity index (χ1) is 26.9. The van der Waals surface area contributed by atoms with Gasteiger partial charge in [-0.3, -0.25) is 23.8 Å². The molecule has 1 N–H and O–H groups in total. The van der Waals surface area contributed by atoms with Crippen LogP contribution in [0.25, 0.3) is 0 Å².